The number of carbonyl (C=O) groups excluding carboxylic acids is 2. The molecular weight excluding hydrogens is 366 g/mol. The van der Waals surface area contributed by atoms with Crippen LogP contribution in [0, 0.1) is 12.8 Å². The van der Waals surface area contributed by atoms with Crippen LogP contribution in [-0.4, -0.2) is 33.1 Å². The monoisotopic (exact) mass is 389 g/mol. The van der Waals surface area contributed by atoms with Gasteiger partial charge in [-0.3, -0.25) is 9.59 Å². The molecule has 1 N–H and O–H groups in total. The molecule has 0 bridgehead atoms. The predicted molar refractivity (Wildman–Crippen MR) is 111 cm³/mol. The Morgan fingerprint density at radius 1 is 1.21 bits per heavy atom. The molecule has 1 aromatic heterocycles. The number of amides is 2. The second-order valence-corrected chi connectivity index (χ2v) is 7.25. The molecule has 0 aliphatic carbocycles. The fourth-order valence-electron chi connectivity index (χ4n) is 3.55. The van der Waals surface area contributed by atoms with Gasteiger partial charge in [-0.1, -0.05) is 29.8 Å². The lowest BCUT2D eigenvalue weighted by atomic mass is 10.1. The number of nitrogens with one attached hydrogen (secondary N) is 1. The molecule has 7 heteroatoms. The van der Waals surface area contributed by atoms with Crippen molar-refractivity contribution >= 4 is 23.2 Å². The predicted octanol–water partition coefficient (Wildman–Crippen LogP) is 3.27. The number of rotatable bonds is 5. The third-order valence-corrected chi connectivity index (χ3v) is 5.19. The molecule has 148 valence electrons. The Bertz CT molecular complexity index is 1040. The summed E-state index contributed by atoms with van der Waals surface area (Å²) >= 11 is 0. The lowest BCUT2D eigenvalue weighted by molar-refractivity contribution is -0.122. The summed E-state index contributed by atoms with van der Waals surface area (Å²) in [6, 6.07) is 15.3. The first-order chi connectivity index (χ1) is 14.0. The van der Waals surface area contributed by atoms with Crippen LogP contribution in [0.1, 0.15) is 18.9 Å². The standard InChI is InChI=1S/C22H23N5O2/c1-3-26-14-23-25-21(26)16-5-4-6-18(11-16)24-22(29)17-12-20(28)27(13-17)19-9-7-15(2)8-10-19/h4-11,14,17H,3,12-13H2,1-2H3,(H,24,29). The summed E-state index contributed by atoms with van der Waals surface area (Å²) in [5.41, 5.74) is 3.52. The summed E-state index contributed by atoms with van der Waals surface area (Å²) in [6.07, 6.45) is 1.90. The molecular formula is C22H23N5O2. The number of anilines is 2. The van der Waals surface area contributed by atoms with Crippen molar-refractivity contribution in [2.24, 2.45) is 5.92 Å². The van der Waals surface area contributed by atoms with Gasteiger partial charge in [-0.05, 0) is 38.1 Å². The minimum atomic E-state index is -0.383. The van der Waals surface area contributed by atoms with E-state index in [9.17, 15) is 9.59 Å². The normalized spacial score (nSPS) is 16.3. The highest BCUT2D eigenvalue weighted by molar-refractivity contribution is 6.03. The molecule has 7 nitrogen and oxygen atoms in total. The van der Waals surface area contributed by atoms with Crippen LogP contribution in [0.5, 0.6) is 0 Å². The molecule has 1 aliphatic heterocycles. The van der Waals surface area contributed by atoms with Crippen molar-refractivity contribution in [1.29, 1.82) is 0 Å². The van der Waals surface area contributed by atoms with Crippen molar-refractivity contribution in [3.05, 3.63) is 60.4 Å². The highest BCUT2D eigenvalue weighted by Gasteiger charge is 2.35. The zero-order chi connectivity index (χ0) is 20.4. The van der Waals surface area contributed by atoms with Crippen LogP contribution in [0.3, 0.4) is 0 Å². The molecule has 1 aliphatic rings. The van der Waals surface area contributed by atoms with Crippen LogP contribution in [0.4, 0.5) is 11.4 Å². The highest BCUT2D eigenvalue weighted by Crippen LogP contribution is 2.27. The largest absolute Gasteiger partial charge is 0.326 e. The average molecular weight is 389 g/mol. The Hall–Kier alpha value is -3.48. The molecule has 0 saturated carbocycles. The first-order valence-electron chi connectivity index (χ1n) is 9.71. The minimum absolute atomic E-state index is 0.0289. The molecule has 0 spiro atoms. The van der Waals surface area contributed by atoms with Gasteiger partial charge in [0.15, 0.2) is 5.82 Å². The Morgan fingerprint density at radius 3 is 2.76 bits per heavy atom. The van der Waals surface area contributed by atoms with Gasteiger partial charge in [0.05, 0.1) is 5.92 Å². The molecule has 1 saturated heterocycles. The van der Waals surface area contributed by atoms with Crippen molar-refractivity contribution in [2.45, 2.75) is 26.8 Å². The summed E-state index contributed by atoms with van der Waals surface area (Å²) in [5, 5.41) is 11.1. The lowest BCUT2D eigenvalue weighted by Crippen LogP contribution is -2.28. The van der Waals surface area contributed by atoms with Gasteiger partial charge < -0.3 is 14.8 Å². The van der Waals surface area contributed by atoms with Gasteiger partial charge in [0, 0.05) is 36.4 Å². The molecule has 1 fully saturated rings. The first-order valence-corrected chi connectivity index (χ1v) is 9.71. The van der Waals surface area contributed by atoms with Gasteiger partial charge in [0.25, 0.3) is 0 Å². The van der Waals surface area contributed by atoms with Crippen molar-refractivity contribution in [2.75, 3.05) is 16.8 Å². The SMILES string of the molecule is CCn1cnnc1-c1cccc(NC(=O)C2CC(=O)N(c3ccc(C)cc3)C2)c1. The van der Waals surface area contributed by atoms with Crippen LogP contribution in [-0.2, 0) is 16.1 Å². The van der Waals surface area contributed by atoms with E-state index in [0.717, 1.165) is 29.2 Å². The van der Waals surface area contributed by atoms with E-state index in [0.29, 0.717) is 12.2 Å². The van der Waals surface area contributed by atoms with E-state index in [1.165, 1.54) is 0 Å². The third kappa shape index (κ3) is 3.89. The minimum Gasteiger partial charge on any atom is -0.326 e. The molecule has 4 rings (SSSR count). The summed E-state index contributed by atoms with van der Waals surface area (Å²) in [6.45, 7) is 5.17. The molecule has 0 radical (unpaired) electrons. The summed E-state index contributed by atoms with van der Waals surface area (Å²) in [4.78, 5) is 26.9. The smallest absolute Gasteiger partial charge is 0.229 e. The zero-order valence-corrected chi connectivity index (χ0v) is 16.5. The Labute approximate surface area is 169 Å². The number of aryl methyl sites for hydroxylation is 2. The molecule has 2 heterocycles. The van der Waals surface area contributed by atoms with Gasteiger partial charge in [0.1, 0.15) is 6.33 Å². The van der Waals surface area contributed by atoms with E-state index in [1.54, 1.807) is 11.2 Å². The number of nitrogens with zero attached hydrogens (tertiary/aromatic N) is 4. The summed E-state index contributed by atoms with van der Waals surface area (Å²) in [7, 11) is 0. The van der Waals surface area contributed by atoms with Crippen LogP contribution < -0.4 is 10.2 Å². The summed E-state index contributed by atoms with van der Waals surface area (Å²) in [5.74, 6) is 0.192. The van der Waals surface area contributed by atoms with E-state index in [1.807, 2.05) is 66.9 Å². The average Bonchev–Trinajstić information content (AvgIpc) is 3.35. The van der Waals surface area contributed by atoms with Gasteiger partial charge >= 0.3 is 0 Å². The molecule has 3 aromatic rings. The Kier molecular flexibility index (Phi) is 5.12. The molecule has 1 atom stereocenters. The van der Waals surface area contributed by atoms with Gasteiger partial charge in [-0.25, -0.2) is 0 Å². The number of benzene rings is 2. The molecule has 1 unspecified atom stereocenters. The number of hydrogen-bond donors (Lipinski definition) is 1. The highest BCUT2D eigenvalue weighted by atomic mass is 16.2. The fourth-order valence-corrected chi connectivity index (χ4v) is 3.55. The van der Waals surface area contributed by atoms with Gasteiger partial charge in [0.2, 0.25) is 11.8 Å². The Morgan fingerprint density at radius 2 is 2.00 bits per heavy atom. The molecule has 2 aromatic carbocycles. The van der Waals surface area contributed by atoms with E-state index < -0.39 is 0 Å². The van der Waals surface area contributed by atoms with Crippen molar-refractivity contribution < 1.29 is 9.59 Å². The maximum atomic E-state index is 12.8. The van der Waals surface area contributed by atoms with E-state index in [-0.39, 0.29) is 24.2 Å². The van der Waals surface area contributed by atoms with Crippen LogP contribution in [0.25, 0.3) is 11.4 Å². The van der Waals surface area contributed by atoms with Gasteiger partial charge in [-0.2, -0.15) is 0 Å². The van der Waals surface area contributed by atoms with Crippen LogP contribution >= 0.6 is 0 Å². The van der Waals surface area contributed by atoms with Crippen LogP contribution in [0.15, 0.2) is 54.9 Å². The quantitative estimate of drug-likeness (QED) is 0.726. The van der Waals surface area contributed by atoms with Crippen LogP contribution in [0.2, 0.25) is 0 Å². The lowest BCUT2D eigenvalue weighted by Gasteiger charge is -2.17. The van der Waals surface area contributed by atoms with E-state index >= 15 is 0 Å². The zero-order valence-electron chi connectivity index (χ0n) is 16.5. The van der Waals surface area contributed by atoms with Crippen molar-refractivity contribution in [1.82, 2.24) is 14.8 Å². The van der Waals surface area contributed by atoms with Gasteiger partial charge in [-0.15, -0.1) is 10.2 Å². The van der Waals surface area contributed by atoms with E-state index in [4.69, 9.17) is 0 Å². The fraction of sp³-hybridized carbons (Fsp3) is 0.273. The topological polar surface area (TPSA) is 80.1 Å². The maximum absolute atomic E-state index is 12.8. The van der Waals surface area contributed by atoms with Crippen molar-refractivity contribution in [3.8, 4) is 11.4 Å². The molecule has 2 amide bonds. The second kappa shape index (κ2) is 7.87. The van der Waals surface area contributed by atoms with Crippen molar-refractivity contribution in [3.63, 3.8) is 0 Å². The first kappa shape index (κ1) is 18.9. The van der Waals surface area contributed by atoms with E-state index in [2.05, 4.69) is 15.5 Å². The Balaban J connectivity index is 1.47. The maximum Gasteiger partial charge on any atom is 0.229 e. The number of carbonyl (C=O) groups is 2. The number of hydrogen-bond acceptors (Lipinski definition) is 4. The number of aromatic nitrogens is 3. The molecule has 29 heavy (non-hydrogen) atoms. The summed E-state index contributed by atoms with van der Waals surface area (Å²) < 4.78 is 1.94. The second-order valence-electron chi connectivity index (χ2n) is 7.25. The third-order valence-electron chi connectivity index (χ3n) is 5.19.